The van der Waals surface area contributed by atoms with Gasteiger partial charge in [-0.05, 0) is 68.0 Å². The largest absolute Gasteiger partial charge is 0.496 e. The van der Waals surface area contributed by atoms with Crippen LogP contribution in [0.2, 0.25) is 10.0 Å². The van der Waals surface area contributed by atoms with E-state index in [1.165, 1.54) is 11.1 Å². The summed E-state index contributed by atoms with van der Waals surface area (Å²) in [5.74, 6) is 0.841. The summed E-state index contributed by atoms with van der Waals surface area (Å²) in [7, 11) is 3.57. The molecule has 3 aromatic rings. The summed E-state index contributed by atoms with van der Waals surface area (Å²) in [6, 6.07) is 15.3. The number of benzene rings is 2. The van der Waals surface area contributed by atoms with E-state index < -0.39 is 0 Å². The molecule has 0 spiro atoms. The molecule has 0 amide bonds. The number of rotatable bonds is 6. The van der Waals surface area contributed by atoms with Crippen molar-refractivity contribution in [1.29, 1.82) is 0 Å². The van der Waals surface area contributed by atoms with Crippen molar-refractivity contribution < 1.29 is 4.74 Å². The van der Waals surface area contributed by atoms with Gasteiger partial charge in [0.05, 0.1) is 18.5 Å². The van der Waals surface area contributed by atoms with E-state index in [-0.39, 0.29) is 5.56 Å². The van der Waals surface area contributed by atoms with E-state index in [1.807, 2.05) is 60.3 Å². The fraction of sp³-hybridized carbons (Fsp3) is 0.269. The molecule has 166 valence electrons. The lowest BCUT2D eigenvalue weighted by Crippen LogP contribution is -2.19. The maximum atomic E-state index is 12.8. The third kappa shape index (κ3) is 4.57. The first-order valence-electron chi connectivity index (χ1n) is 10.7. The van der Waals surface area contributed by atoms with Crippen LogP contribution in [0.1, 0.15) is 36.9 Å². The minimum absolute atomic E-state index is 0.179. The molecule has 2 aromatic carbocycles. The number of hydrogen-bond acceptors (Lipinski definition) is 2. The van der Waals surface area contributed by atoms with Gasteiger partial charge in [-0.3, -0.25) is 9.48 Å². The Morgan fingerprint density at radius 3 is 2.53 bits per heavy atom. The van der Waals surface area contributed by atoms with Gasteiger partial charge < -0.3 is 4.74 Å². The van der Waals surface area contributed by atoms with Crippen LogP contribution in [0.25, 0.3) is 11.3 Å². The van der Waals surface area contributed by atoms with Crippen molar-refractivity contribution in [2.24, 2.45) is 7.05 Å². The molecular weight excluding hydrogens is 443 g/mol. The van der Waals surface area contributed by atoms with Gasteiger partial charge in [0.25, 0.3) is 5.56 Å². The van der Waals surface area contributed by atoms with Gasteiger partial charge in [0.15, 0.2) is 0 Å². The van der Waals surface area contributed by atoms with E-state index in [0.29, 0.717) is 16.5 Å². The second-order valence-corrected chi connectivity index (χ2v) is 8.72. The van der Waals surface area contributed by atoms with Gasteiger partial charge in [0.1, 0.15) is 10.8 Å². The zero-order valence-electron chi connectivity index (χ0n) is 18.3. The summed E-state index contributed by atoms with van der Waals surface area (Å²) in [4.78, 5) is 12.8. The summed E-state index contributed by atoms with van der Waals surface area (Å²) in [6.45, 7) is 0. The van der Waals surface area contributed by atoms with Crippen molar-refractivity contribution in [3.8, 4) is 11.4 Å². The summed E-state index contributed by atoms with van der Waals surface area (Å²) in [5.41, 5.74) is 5.16. The highest BCUT2D eigenvalue weighted by atomic mass is 35.5. The quantitative estimate of drug-likeness (QED) is 0.381. The van der Waals surface area contributed by atoms with Crippen LogP contribution in [0.3, 0.4) is 0 Å². The Hall–Kier alpha value is -2.69. The summed E-state index contributed by atoms with van der Waals surface area (Å²) in [6.07, 6.45) is 8.83. The molecular formula is C26H26Cl2N2O2. The van der Waals surface area contributed by atoms with Crippen LogP contribution in [0.5, 0.6) is 5.75 Å². The number of methoxy groups -OCH3 is 1. The highest BCUT2D eigenvalue weighted by molar-refractivity contribution is 6.31. The molecule has 0 unspecified atom stereocenters. The van der Waals surface area contributed by atoms with Gasteiger partial charge in [-0.2, -0.15) is 0 Å². The van der Waals surface area contributed by atoms with Crippen molar-refractivity contribution in [3.05, 3.63) is 97.9 Å². The fourth-order valence-electron chi connectivity index (χ4n) is 4.30. The Kier molecular flexibility index (Phi) is 6.92. The van der Waals surface area contributed by atoms with E-state index in [1.54, 1.807) is 11.8 Å². The van der Waals surface area contributed by atoms with Crippen LogP contribution in [0, 0.1) is 0 Å². The molecule has 0 bridgehead atoms. The Bertz CT molecular complexity index is 1240. The predicted molar refractivity (Wildman–Crippen MR) is 132 cm³/mol. The molecule has 4 rings (SSSR count). The number of para-hydroxylation sites is 1. The molecule has 1 aromatic heterocycles. The molecule has 0 N–H and O–H groups in total. The molecule has 1 aliphatic carbocycles. The Morgan fingerprint density at radius 2 is 1.78 bits per heavy atom. The monoisotopic (exact) mass is 468 g/mol. The minimum atomic E-state index is -0.179. The number of hydrogen-bond donors (Lipinski definition) is 0. The predicted octanol–water partition coefficient (Wildman–Crippen LogP) is 6.62. The Morgan fingerprint density at radius 1 is 1.00 bits per heavy atom. The average Bonchev–Trinajstić information content (AvgIpc) is 2.96. The normalized spacial score (nSPS) is 14.0. The van der Waals surface area contributed by atoms with Crippen LogP contribution >= 0.6 is 23.2 Å². The van der Waals surface area contributed by atoms with Crippen LogP contribution < -0.4 is 10.3 Å². The zero-order chi connectivity index (χ0) is 22.7. The highest BCUT2D eigenvalue weighted by Crippen LogP contribution is 2.35. The number of nitrogens with zero attached hydrogens (tertiary/aromatic N) is 2. The van der Waals surface area contributed by atoms with Gasteiger partial charge in [-0.15, -0.1) is 0 Å². The smallest absolute Gasteiger partial charge is 0.290 e. The van der Waals surface area contributed by atoms with Gasteiger partial charge in [0.2, 0.25) is 0 Å². The molecule has 0 saturated carbocycles. The zero-order valence-corrected chi connectivity index (χ0v) is 19.8. The first-order chi connectivity index (χ1) is 15.5. The molecule has 4 nitrogen and oxygen atoms in total. The van der Waals surface area contributed by atoms with Crippen molar-refractivity contribution in [3.63, 3.8) is 0 Å². The van der Waals surface area contributed by atoms with E-state index in [9.17, 15) is 4.79 Å². The SMILES string of the molecule is COc1ccc(Cl)cc1C1=CCC=C(CCc2c(Cl)c(=O)n(-c3ccccc3)n2C)CC1. The third-order valence-corrected chi connectivity index (χ3v) is 6.62. The van der Waals surface area contributed by atoms with Gasteiger partial charge in [-0.25, -0.2) is 4.68 Å². The van der Waals surface area contributed by atoms with Crippen molar-refractivity contribution in [2.45, 2.75) is 32.1 Å². The Labute approximate surface area is 198 Å². The van der Waals surface area contributed by atoms with Crippen molar-refractivity contribution in [2.75, 3.05) is 7.11 Å². The summed E-state index contributed by atoms with van der Waals surface area (Å²) < 4.78 is 9.04. The van der Waals surface area contributed by atoms with Gasteiger partial charge in [-0.1, -0.05) is 59.1 Å². The first kappa shape index (κ1) is 22.5. The molecule has 0 atom stereocenters. The second kappa shape index (κ2) is 9.85. The molecule has 0 saturated heterocycles. The molecule has 1 aliphatic rings. The lowest BCUT2D eigenvalue weighted by Gasteiger charge is -2.13. The number of ether oxygens (including phenoxy) is 1. The van der Waals surface area contributed by atoms with Crippen molar-refractivity contribution in [1.82, 2.24) is 9.36 Å². The highest BCUT2D eigenvalue weighted by Gasteiger charge is 2.18. The average molecular weight is 469 g/mol. The fourth-order valence-corrected chi connectivity index (χ4v) is 4.76. The molecule has 6 heteroatoms. The minimum Gasteiger partial charge on any atom is -0.496 e. The van der Waals surface area contributed by atoms with E-state index in [0.717, 1.165) is 48.4 Å². The molecule has 0 radical (unpaired) electrons. The maximum Gasteiger partial charge on any atom is 0.290 e. The molecule has 1 heterocycles. The lowest BCUT2D eigenvalue weighted by molar-refractivity contribution is 0.413. The lowest BCUT2D eigenvalue weighted by atomic mass is 9.97. The number of aromatic nitrogens is 2. The first-order valence-corrected chi connectivity index (χ1v) is 11.5. The molecule has 0 fully saturated rings. The van der Waals surface area contributed by atoms with Crippen LogP contribution in [-0.4, -0.2) is 16.5 Å². The van der Waals surface area contributed by atoms with Crippen LogP contribution in [0.4, 0.5) is 0 Å². The van der Waals surface area contributed by atoms with Crippen LogP contribution in [-0.2, 0) is 13.5 Å². The van der Waals surface area contributed by atoms with Gasteiger partial charge >= 0.3 is 0 Å². The topological polar surface area (TPSA) is 36.2 Å². The standard InChI is InChI=1S/C26H26Cl2N2O2/c1-29-23(25(28)26(31)30(29)21-9-4-3-5-10-21)15-12-18-7-6-8-19(13-11-18)22-17-20(27)14-16-24(22)32-2/h3-5,7-10,14,16-17H,6,11-13,15H2,1-2H3. The maximum absolute atomic E-state index is 12.8. The van der Waals surface area contributed by atoms with Gasteiger partial charge in [0, 0.05) is 17.6 Å². The summed E-state index contributed by atoms with van der Waals surface area (Å²) in [5, 5.41) is 1.01. The second-order valence-electron chi connectivity index (χ2n) is 7.91. The van der Waals surface area contributed by atoms with Crippen LogP contribution in [0.15, 0.2) is 71.1 Å². The van der Waals surface area contributed by atoms with E-state index in [4.69, 9.17) is 27.9 Å². The van der Waals surface area contributed by atoms with E-state index in [2.05, 4.69) is 12.2 Å². The molecule has 0 aliphatic heterocycles. The molecule has 32 heavy (non-hydrogen) atoms. The number of allylic oxidation sites excluding steroid dienone is 4. The van der Waals surface area contributed by atoms with E-state index >= 15 is 0 Å². The summed E-state index contributed by atoms with van der Waals surface area (Å²) >= 11 is 12.7. The number of halogens is 2. The third-order valence-electron chi connectivity index (χ3n) is 6.00. The Balaban J connectivity index is 1.47. The van der Waals surface area contributed by atoms with Crippen molar-refractivity contribution >= 4 is 28.8 Å².